The molecule has 2 aliphatic heterocycles. The number of benzene rings is 1. The molecule has 1 aromatic carbocycles. The summed E-state index contributed by atoms with van der Waals surface area (Å²) >= 11 is 0. The van der Waals surface area contributed by atoms with Gasteiger partial charge in [0.15, 0.2) is 0 Å². The second-order valence-corrected chi connectivity index (χ2v) is 6.14. The van der Waals surface area contributed by atoms with Gasteiger partial charge in [-0.2, -0.15) is 0 Å². The number of rotatable bonds is 2. The molecule has 0 spiro atoms. The Morgan fingerprint density at radius 1 is 1.36 bits per heavy atom. The van der Waals surface area contributed by atoms with Gasteiger partial charge in [-0.25, -0.2) is 4.98 Å². The molecule has 1 N–H and O–H groups in total. The predicted octanol–water partition coefficient (Wildman–Crippen LogP) is 1.97. The number of aromatic nitrogens is 2. The van der Waals surface area contributed by atoms with Crippen LogP contribution in [-0.2, 0) is 30.9 Å². The first-order valence-corrected chi connectivity index (χ1v) is 7.72. The molecule has 2 aromatic rings. The molecule has 5 nitrogen and oxygen atoms in total. The second kappa shape index (κ2) is 5.25. The summed E-state index contributed by atoms with van der Waals surface area (Å²) in [7, 11) is 0. The Morgan fingerprint density at radius 2 is 2.23 bits per heavy atom. The molecular formula is C17H19N3O2. The SMILES string of the molecule is Cc1cn2c(n1)CC[C@H](NC(=O)c1ccc3c(c1)COC3)C2. The zero-order valence-electron chi connectivity index (χ0n) is 12.6. The summed E-state index contributed by atoms with van der Waals surface area (Å²) in [4.78, 5) is 17.0. The quantitative estimate of drug-likeness (QED) is 0.922. The molecule has 0 saturated carbocycles. The number of nitrogens with zero attached hydrogens (tertiary/aromatic N) is 2. The van der Waals surface area contributed by atoms with Gasteiger partial charge >= 0.3 is 0 Å². The fraction of sp³-hybridized carbons (Fsp3) is 0.412. The van der Waals surface area contributed by atoms with Crippen molar-refractivity contribution in [1.29, 1.82) is 0 Å². The van der Waals surface area contributed by atoms with Crippen LogP contribution in [0, 0.1) is 6.92 Å². The van der Waals surface area contributed by atoms with Crippen molar-refractivity contribution >= 4 is 5.91 Å². The Morgan fingerprint density at radius 3 is 3.14 bits per heavy atom. The molecule has 1 aromatic heterocycles. The van der Waals surface area contributed by atoms with E-state index in [1.807, 2.05) is 25.1 Å². The average Bonchev–Trinajstić information content (AvgIpc) is 3.10. The highest BCUT2D eigenvalue weighted by Crippen LogP contribution is 2.21. The molecular weight excluding hydrogens is 278 g/mol. The second-order valence-electron chi connectivity index (χ2n) is 6.14. The third-order valence-corrected chi connectivity index (χ3v) is 4.43. The minimum Gasteiger partial charge on any atom is -0.372 e. The van der Waals surface area contributed by atoms with E-state index in [0.29, 0.717) is 13.2 Å². The summed E-state index contributed by atoms with van der Waals surface area (Å²) in [6.45, 7) is 4.07. The number of hydrogen-bond donors (Lipinski definition) is 1. The normalized spacial score (nSPS) is 19.6. The lowest BCUT2D eigenvalue weighted by atomic mass is 10.0. The van der Waals surface area contributed by atoms with E-state index in [-0.39, 0.29) is 11.9 Å². The smallest absolute Gasteiger partial charge is 0.251 e. The number of ether oxygens (including phenoxy) is 1. The van der Waals surface area contributed by atoms with Crippen LogP contribution in [-0.4, -0.2) is 21.5 Å². The first-order valence-electron chi connectivity index (χ1n) is 7.72. The Kier molecular flexibility index (Phi) is 3.22. The van der Waals surface area contributed by atoms with E-state index >= 15 is 0 Å². The van der Waals surface area contributed by atoms with Gasteiger partial charge in [-0.15, -0.1) is 0 Å². The van der Waals surface area contributed by atoms with E-state index in [2.05, 4.69) is 21.1 Å². The van der Waals surface area contributed by atoms with E-state index in [1.54, 1.807) is 0 Å². The van der Waals surface area contributed by atoms with Crippen LogP contribution in [0.2, 0.25) is 0 Å². The third kappa shape index (κ3) is 2.41. The maximum Gasteiger partial charge on any atom is 0.251 e. The van der Waals surface area contributed by atoms with Crippen LogP contribution in [0.25, 0.3) is 0 Å². The Bertz CT molecular complexity index is 736. The minimum absolute atomic E-state index is 0.0000118. The van der Waals surface area contributed by atoms with Gasteiger partial charge in [-0.05, 0) is 36.6 Å². The Balaban J connectivity index is 1.46. The minimum atomic E-state index is -0.0000118. The summed E-state index contributed by atoms with van der Waals surface area (Å²) in [6, 6.07) is 6.00. The summed E-state index contributed by atoms with van der Waals surface area (Å²) in [5.74, 6) is 1.12. The van der Waals surface area contributed by atoms with Crippen molar-refractivity contribution in [2.75, 3.05) is 0 Å². The Labute approximate surface area is 129 Å². The maximum atomic E-state index is 12.5. The van der Waals surface area contributed by atoms with Crippen LogP contribution in [0.5, 0.6) is 0 Å². The van der Waals surface area contributed by atoms with E-state index < -0.39 is 0 Å². The summed E-state index contributed by atoms with van der Waals surface area (Å²) in [5.41, 5.74) is 4.08. The van der Waals surface area contributed by atoms with E-state index in [1.165, 1.54) is 5.56 Å². The molecule has 5 heteroatoms. The lowest BCUT2D eigenvalue weighted by Gasteiger charge is -2.24. The number of carbonyl (C=O) groups excluding carboxylic acids is 1. The average molecular weight is 297 g/mol. The van der Waals surface area contributed by atoms with Gasteiger partial charge in [0.05, 0.1) is 18.9 Å². The first-order chi connectivity index (χ1) is 10.7. The van der Waals surface area contributed by atoms with Crippen molar-refractivity contribution in [2.24, 2.45) is 0 Å². The van der Waals surface area contributed by atoms with Gasteiger partial charge < -0.3 is 14.6 Å². The zero-order chi connectivity index (χ0) is 15.1. The summed E-state index contributed by atoms with van der Waals surface area (Å²) < 4.78 is 7.55. The summed E-state index contributed by atoms with van der Waals surface area (Å²) in [6.07, 6.45) is 3.91. The molecule has 1 atom stereocenters. The molecule has 0 fully saturated rings. The number of hydrogen-bond acceptors (Lipinski definition) is 3. The number of aryl methyl sites for hydroxylation is 2. The molecule has 2 aliphatic rings. The Hall–Kier alpha value is -2.14. The van der Waals surface area contributed by atoms with Gasteiger partial charge in [-0.3, -0.25) is 4.79 Å². The fourth-order valence-corrected chi connectivity index (χ4v) is 3.29. The van der Waals surface area contributed by atoms with E-state index in [9.17, 15) is 4.79 Å². The standard InChI is InChI=1S/C17H19N3O2/c1-11-7-20-8-15(4-5-16(20)18-11)19-17(21)12-2-3-13-9-22-10-14(13)6-12/h2-3,6-7,15H,4-5,8-10H2,1H3,(H,19,21)/t15-/m0/s1. The molecule has 0 unspecified atom stereocenters. The van der Waals surface area contributed by atoms with Crippen LogP contribution in [0.15, 0.2) is 24.4 Å². The molecule has 0 aliphatic carbocycles. The highest BCUT2D eigenvalue weighted by atomic mass is 16.5. The number of amides is 1. The molecule has 4 rings (SSSR count). The molecule has 0 radical (unpaired) electrons. The number of fused-ring (bicyclic) bond motifs is 2. The van der Waals surface area contributed by atoms with Crippen molar-refractivity contribution in [1.82, 2.24) is 14.9 Å². The molecule has 0 bridgehead atoms. The predicted molar refractivity (Wildman–Crippen MR) is 81.5 cm³/mol. The molecule has 0 saturated heterocycles. The topological polar surface area (TPSA) is 56.2 Å². The monoisotopic (exact) mass is 297 g/mol. The van der Waals surface area contributed by atoms with Crippen molar-refractivity contribution in [3.05, 3.63) is 52.6 Å². The lowest BCUT2D eigenvalue weighted by Crippen LogP contribution is -2.40. The number of imidazole rings is 1. The zero-order valence-corrected chi connectivity index (χ0v) is 12.6. The highest BCUT2D eigenvalue weighted by Gasteiger charge is 2.22. The fourth-order valence-electron chi connectivity index (χ4n) is 3.29. The van der Waals surface area contributed by atoms with Crippen molar-refractivity contribution in [2.45, 2.75) is 45.6 Å². The van der Waals surface area contributed by atoms with Gasteiger partial charge in [0.1, 0.15) is 5.82 Å². The van der Waals surface area contributed by atoms with E-state index in [4.69, 9.17) is 4.74 Å². The van der Waals surface area contributed by atoms with Gasteiger partial charge in [0, 0.05) is 30.8 Å². The van der Waals surface area contributed by atoms with Gasteiger partial charge in [0.25, 0.3) is 5.91 Å². The van der Waals surface area contributed by atoms with Crippen LogP contribution in [0.1, 0.15) is 39.4 Å². The highest BCUT2D eigenvalue weighted by molar-refractivity contribution is 5.94. The molecule has 1 amide bonds. The van der Waals surface area contributed by atoms with Crippen LogP contribution in [0.4, 0.5) is 0 Å². The van der Waals surface area contributed by atoms with E-state index in [0.717, 1.165) is 42.0 Å². The lowest BCUT2D eigenvalue weighted by molar-refractivity contribution is 0.0927. The first kappa shape index (κ1) is 13.5. The molecule has 22 heavy (non-hydrogen) atoms. The summed E-state index contributed by atoms with van der Waals surface area (Å²) in [5, 5.41) is 3.15. The van der Waals surface area contributed by atoms with Crippen LogP contribution >= 0.6 is 0 Å². The van der Waals surface area contributed by atoms with Crippen LogP contribution < -0.4 is 5.32 Å². The maximum absolute atomic E-state index is 12.5. The van der Waals surface area contributed by atoms with Gasteiger partial charge in [0.2, 0.25) is 0 Å². The van der Waals surface area contributed by atoms with Crippen LogP contribution in [0.3, 0.4) is 0 Å². The number of nitrogens with one attached hydrogen (secondary N) is 1. The third-order valence-electron chi connectivity index (χ3n) is 4.43. The van der Waals surface area contributed by atoms with Gasteiger partial charge in [-0.1, -0.05) is 6.07 Å². The molecule has 114 valence electrons. The molecule has 3 heterocycles. The number of carbonyl (C=O) groups is 1. The largest absolute Gasteiger partial charge is 0.372 e. The van der Waals surface area contributed by atoms with Crippen molar-refractivity contribution < 1.29 is 9.53 Å². The van der Waals surface area contributed by atoms with Crippen molar-refractivity contribution in [3.8, 4) is 0 Å². The van der Waals surface area contributed by atoms with Crippen molar-refractivity contribution in [3.63, 3.8) is 0 Å².